The van der Waals surface area contributed by atoms with Crippen molar-refractivity contribution in [3.8, 4) is 0 Å². The lowest BCUT2D eigenvalue weighted by Crippen LogP contribution is -2.32. The average Bonchev–Trinajstić information content (AvgIpc) is 3.18. The van der Waals surface area contributed by atoms with Crippen LogP contribution < -0.4 is 0 Å². The Morgan fingerprint density at radius 1 is 1.00 bits per heavy atom. The van der Waals surface area contributed by atoms with Crippen LogP contribution in [0.3, 0.4) is 0 Å². The molecule has 0 aromatic heterocycles. The highest BCUT2D eigenvalue weighted by atomic mass is 35.5. The standard InChI is InChI=1S/C30H39ClN2O2/c1-22-19-25(10-11-26(22)9-6-18-33-29(34)16-17-30(33)35)21-32(20-24-7-4-3-5-8-24)23(2)27-12-14-28(31)15-13-27/h10-15,19,23-24H,3-9,16-18,20-21H2,1-2H3/t23-/m0/s1. The van der Waals surface area contributed by atoms with Gasteiger partial charge in [-0.15, -0.1) is 0 Å². The summed E-state index contributed by atoms with van der Waals surface area (Å²) in [5, 5.41) is 0.782. The lowest BCUT2D eigenvalue weighted by molar-refractivity contribution is -0.138. The van der Waals surface area contributed by atoms with Crippen LogP contribution in [0.25, 0.3) is 0 Å². The van der Waals surface area contributed by atoms with Crippen molar-refractivity contribution in [2.24, 2.45) is 5.92 Å². The molecule has 1 saturated carbocycles. The molecule has 2 amide bonds. The van der Waals surface area contributed by atoms with Crippen molar-refractivity contribution in [1.82, 2.24) is 9.80 Å². The van der Waals surface area contributed by atoms with E-state index in [1.54, 1.807) is 0 Å². The predicted octanol–water partition coefficient (Wildman–Crippen LogP) is 6.87. The highest BCUT2D eigenvalue weighted by molar-refractivity contribution is 6.30. The average molecular weight is 495 g/mol. The molecule has 1 aliphatic carbocycles. The van der Waals surface area contributed by atoms with Crippen LogP contribution in [-0.2, 0) is 22.6 Å². The Balaban J connectivity index is 1.41. The molecule has 4 nitrogen and oxygen atoms in total. The lowest BCUT2D eigenvalue weighted by Gasteiger charge is -2.34. The van der Waals surface area contributed by atoms with E-state index in [0.29, 0.717) is 25.4 Å². The highest BCUT2D eigenvalue weighted by Gasteiger charge is 2.28. The number of benzene rings is 2. The lowest BCUT2D eigenvalue weighted by atomic mass is 9.88. The summed E-state index contributed by atoms with van der Waals surface area (Å²) >= 11 is 6.15. The van der Waals surface area contributed by atoms with E-state index < -0.39 is 0 Å². The molecule has 1 aliphatic heterocycles. The van der Waals surface area contributed by atoms with Crippen LogP contribution in [0.4, 0.5) is 0 Å². The molecule has 2 fully saturated rings. The molecule has 1 saturated heterocycles. The van der Waals surface area contributed by atoms with Gasteiger partial charge in [0.05, 0.1) is 0 Å². The third-order valence-electron chi connectivity index (χ3n) is 7.89. The normalized spacial score (nSPS) is 18.0. The van der Waals surface area contributed by atoms with Crippen LogP contribution in [-0.4, -0.2) is 34.7 Å². The van der Waals surface area contributed by atoms with E-state index in [1.807, 2.05) is 12.1 Å². The van der Waals surface area contributed by atoms with E-state index in [-0.39, 0.29) is 11.8 Å². The smallest absolute Gasteiger partial charge is 0.229 e. The van der Waals surface area contributed by atoms with E-state index in [0.717, 1.165) is 36.9 Å². The first-order chi connectivity index (χ1) is 16.9. The Morgan fingerprint density at radius 3 is 2.34 bits per heavy atom. The molecule has 4 rings (SSSR count). The fourth-order valence-corrected chi connectivity index (χ4v) is 5.81. The molecule has 1 heterocycles. The first kappa shape index (κ1) is 25.9. The minimum absolute atomic E-state index is 0.0186. The van der Waals surface area contributed by atoms with Crippen molar-refractivity contribution in [2.75, 3.05) is 13.1 Å². The van der Waals surface area contributed by atoms with Gasteiger partial charge in [0.25, 0.3) is 0 Å². The molecule has 2 aliphatic rings. The summed E-state index contributed by atoms with van der Waals surface area (Å²) in [5.41, 5.74) is 5.24. The quantitative estimate of drug-likeness (QED) is 0.338. The Morgan fingerprint density at radius 2 is 1.69 bits per heavy atom. The molecule has 2 aromatic rings. The molecule has 35 heavy (non-hydrogen) atoms. The van der Waals surface area contributed by atoms with Crippen LogP contribution in [0.5, 0.6) is 0 Å². The number of aryl methyl sites for hydroxylation is 2. The number of hydrogen-bond donors (Lipinski definition) is 0. The number of rotatable bonds is 10. The number of hydrogen-bond acceptors (Lipinski definition) is 3. The SMILES string of the molecule is Cc1cc(CN(CC2CCCCC2)[C@@H](C)c2ccc(Cl)cc2)ccc1CCCN1C(=O)CCC1=O. The molecule has 0 spiro atoms. The molecule has 1 atom stereocenters. The van der Waals surface area contributed by atoms with Gasteiger partial charge >= 0.3 is 0 Å². The molecular weight excluding hydrogens is 456 g/mol. The molecule has 0 unspecified atom stereocenters. The number of nitrogens with zero attached hydrogens (tertiary/aromatic N) is 2. The second kappa shape index (κ2) is 12.2. The van der Waals surface area contributed by atoms with Gasteiger partial charge in [0.15, 0.2) is 0 Å². The number of imide groups is 1. The van der Waals surface area contributed by atoms with Gasteiger partial charge < -0.3 is 0 Å². The Bertz CT molecular complexity index is 998. The van der Waals surface area contributed by atoms with Gasteiger partial charge in [-0.1, -0.05) is 61.2 Å². The minimum Gasteiger partial charge on any atom is -0.292 e. The second-order valence-corrected chi connectivity index (χ2v) is 10.9. The van der Waals surface area contributed by atoms with Gasteiger partial charge in [-0.25, -0.2) is 0 Å². The van der Waals surface area contributed by atoms with Gasteiger partial charge in [-0.3, -0.25) is 19.4 Å². The maximum absolute atomic E-state index is 11.9. The minimum atomic E-state index is -0.0186. The second-order valence-electron chi connectivity index (χ2n) is 10.5. The monoisotopic (exact) mass is 494 g/mol. The topological polar surface area (TPSA) is 40.6 Å². The largest absolute Gasteiger partial charge is 0.292 e. The third-order valence-corrected chi connectivity index (χ3v) is 8.14. The Hall–Kier alpha value is -2.17. The van der Waals surface area contributed by atoms with E-state index in [2.05, 4.69) is 49.1 Å². The van der Waals surface area contributed by atoms with Crippen molar-refractivity contribution < 1.29 is 9.59 Å². The highest BCUT2D eigenvalue weighted by Crippen LogP contribution is 2.30. The van der Waals surface area contributed by atoms with Crippen molar-refractivity contribution in [3.05, 3.63) is 69.7 Å². The van der Waals surface area contributed by atoms with Crippen LogP contribution in [0, 0.1) is 12.8 Å². The van der Waals surface area contributed by atoms with Crippen molar-refractivity contribution in [3.63, 3.8) is 0 Å². The van der Waals surface area contributed by atoms with E-state index in [4.69, 9.17) is 11.6 Å². The van der Waals surface area contributed by atoms with E-state index in [9.17, 15) is 9.59 Å². The molecule has 0 bridgehead atoms. The summed E-state index contributed by atoms with van der Waals surface area (Å²) in [6, 6.07) is 15.5. The number of likely N-dealkylation sites (tertiary alicyclic amines) is 1. The third kappa shape index (κ3) is 6.95. The zero-order valence-electron chi connectivity index (χ0n) is 21.3. The summed E-state index contributed by atoms with van der Waals surface area (Å²) in [6.45, 7) is 7.08. The van der Waals surface area contributed by atoms with Gasteiger partial charge in [-0.2, -0.15) is 0 Å². The summed E-state index contributed by atoms with van der Waals surface area (Å²) in [7, 11) is 0. The van der Waals surface area contributed by atoms with Crippen LogP contribution in [0.2, 0.25) is 5.02 Å². The fourth-order valence-electron chi connectivity index (χ4n) is 5.68. The summed E-state index contributed by atoms with van der Waals surface area (Å²) in [6.07, 6.45) is 9.22. The van der Waals surface area contributed by atoms with Gasteiger partial charge in [0.1, 0.15) is 0 Å². The summed E-state index contributed by atoms with van der Waals surface area (Å²) in [4.78, 5) is 27.8. The number of carbonyl (C=O) groups excluding carboxylic acids is 2. The van der Waals surface area contributed by atoms with Crippen LogP contribution >= 0.6 is 11.6 Å². The maximum Gasteiger partial charge on any atom is 0.229 e. The Labute approximate surface area is 215 Å². The van der Waals surface area contributed by atoms with Crippen molar-refractivity contribution in [1.29, 1.82) is 0 Å². The number of carbonyl (C=O) groups is 2. The molecule has 0 N–H and O–H groups in total. The molecule has 5 heteroatoms. The van der Waals surface area contributed by atoms with Gasteiger partial charge in [-0.05, 0) is 79.8 Å². The van der Waals surface area contributed by atoms with E-state index in [1.165, 1.54) is 59.3 Å². The Kier molecular flexibility index (Phi) is 9.02. The molecular formula is C30H39ClN2O2. The summed E-state index contributed by atoms with van der Waals surface area (Å²) in [5.74, 6) is 0.736. The van der Waals surface area contributed by atoms with Crippen molar-refractivity contribution in [2.45, 2.75) is 84.2 Å². The first-order valence-electron chi connectivity index (χ1n) is 13.3. The van der Waals surface area contributed by atoms with Gasteiger partial charge in [0, 0.05) is 43.5 Å². The maximum atomic E-state index is 11.9. The van der Waals surface area contributed by atoms with Crippen LogP contribution in [0.15, 0.2) is 42.5 Å². The molecule has 0 radical (unpaired) electrons. The number of halogens is 1. The zero-order valence-corrected chi connectivity index (χ0v) is 22.0. The van der Waals surface area contributed by atoms with Crippen LogP contribution in [0.1, 0.15) is 86.6 Å². The van der Waals surface area contributed by atoms with Gasteiger partial charge in [0.2, 0.25) is 11.8 Å². The molecule has 188 valence electrons. The fraction of sp³-hybridized carbons (Fsp3) is 0.533. The first-order valence-corrected chi connectivity index (χ1v) is 13.7. The molecule has 2 aromatic carbocycles. The van der Waals surface area contributed by atoms with Crippen molar-refractivity contribution >= 4 is 23.4 Å². The zero-order chi connectivity index (χ0) is 24.8. The summed E-state index contributed by atoms with van der Waals surface area (Å²) < 4.78 is 0. The van der Waals surface area contributed by atoms with E-state index >= 15 is 0 Å². The predicted molar refractivity (Wildman–Crippen MR) is 142 cm³/mol. The number of amides is 2.